The SMILES string of the molecule is CN1CCN(Cc2cc(Cl)c3cccnc3c2OC(=O)c2ccccc2Br)CC1. The van der Waals surface area contributed by atoms with Gasteiger partial charge in [-0.1, -0.05) is 23.7 Å². The van der Waals surface area contributed by atoms with Gasteiger partial charge in [0.05, 0.1) is 10.6 Å². The van der Waals surface area contributed by atoms with Crippen LogP contribution in [0.2, 0.25) is 5.02 Å². The lowest BCUT2D eigenvalue weighted by molar-refractivity contribution is 0.0731. The number of aromatic nitrogens is 1. The molecular weight excluding hydrogens is 454 g/mol. The first-order chi connectivity index (χ1) is 14.0. The second-order valence-electron chi connectivity index (χ2n) is 7.19. The Hall–Kier alpha value is -1.99. The zero-order valence-corrected chi connectivity index (χ0v) is 18.4. The van der Waals surface area contributed by atoms with Crippen molar-refractivity contribution < 1.29 is 9.53 Å². The summed E-state index contributed by atoms with van der Waals surface area (Å²) in [7, 11) is 2.12. The molecule has 1 fully saturated rings. The van der Waals surface area contributed by atoms with Gasteiger partial charge in [0.2, 0.25) is 0 Å². The molecule has 5 nitrogen and oxygen atoms in total. The van der Waals surface area contributed by atoms with Crippen LogP contribution >= 0.6 is 27.5 Å². The minimum atomic E-state index is -0.425. The predicted molar refractivity (Wildman–Crippen MR) is 119 cm³/mol. The molecule has 0 amide bonds. The van der Waals surface area contributed by atoms with Crippen molar-refractivity contribution in [3.8, 4) is 5.75 Å². The molecule has 150 valence electrons. The largest absolute Gasteiger partial charge is 0.420 e. The molecule has 0 aliphatic carbocycles. The van der Waals surface area contributed by atoms with Crippen LogP contribution in [0.4, 0.5) is 0 Å². The number of rotatable bonds is 4. The van der Waals surface area contributed by atoms with Gasteiger partial charge in [-0.15, -0.1) is 0 Å². The number of carbonyl (C=O) groups is 1. The van der Waals surface area contributed by atoms with Crippen LogP contribution < -0.4 is 4.74 Å². The number of halogens is 2. The van der Waals surface area contributed by atoms with Crippen LogP contribution in [0.3, 0.4) is 0 Å². The third-order valence-electron chi connectivity index (χ3n) is 5.15. The summed E-state index contributed by atoms with van der Waals surface area (Å²) < 4.78 is 6.61. The van der Waals surface area contributed by atoms with Crippen LogP contribution in [0, 0.1) is 0 Å². The molecule has 1 aliphatic heterocycles. The lowest BCUT2D eigenvalue weighted by atomic mass is 10.1. The van der Waals surface area contributed by atoms with E-state index >= 15 is 0 Å². The Bertz CT molecular complexity index is 1050. The minimum absolute atomic E-state index is 0.425. The number of ether oxygens (including phenoxy) is 1. The van der Waals surface area contributed by atoms with E-state index in [0.717, 1.165) is 37.1 Å². The van der Waals surface area contributed by atoms with Gasteiger partial charge in [0.15, 0.2) is 5.75 Å². The number of pyridine rings is 1. The number of nitrogens with zero attached hydrogens (tertiary/aromatic N) is 3. The summed E-state index contributed by atoms with van der Waals surface area (Å²) in [6.45, 7) is 4.56. The zero-order chi connectivity index (χ0) is 20.4. The molecule has 0 spiro atoms. The van der Waals surface area contributed by atoms with Gasteiger partial charge in [-0.2, -0.15) is 0 Å². The molecule has 7 heteroatoms. The van der Waals surface area contributed by atoms with E-state index in [1.54, 1.807) is 12.3 Å². The number of piperazine rings is 1. The van der Waals surface area contributed by atoms with Crippen molar-refractivity contribution >= 4 is 44.4 Å². The Kier molecular flexibility index (Phi) is 6.15. The number of esters is 1. The molecule has 1 saturated heterocycles. The lowest BCUT2D eigenvalue weighted by Crippen LogP contribution is -2.43. The first-order valence-electron chi connectivity index (χ1n) is 9.46. The van der Waals surface area contributed by atoms with Gasteiger partial charge in [0.25, 0.3) is 0 Å². The average molecular weight is 475 g/mol. The molecule has 0 atom stereocenters. The molecule has 29 heavy (non-hydrogen) atoms. The highest BCUT2D eigenvalue weighted by atomic mass is 79.9. The van der Waals surface area contributed by atoms with Crippen molar-refractivity contribution in [2.45, 2.75) is 6.54 Å². The Morgan fingerprint density at radius 3 is 2.69 bits per heavy atom. The van der Waals surface area contributed by atoms with Gasteiger partial charge < -0.3 is 9.64 Å². The first kappa shape index (κ1) is 20.3. The molecule has 3 aromatic rings. The fraction of sp³-hybridized carbons (Fsp3) is 0.273. The molecule has 1 aromatic heterocycles. The molecule has 0 N–H and O–H groups in total. The van der Waals surface area contributed by atoms with Crippen molar-refractivity contribution in [3.63, 3.8) is 0 Å². The maximum atomic E-state index is 12.9. The second-order valence-corrected chi connectivity index (χ2v) is 8.46. The number of likely N-dealkylation sites (N-methyl/N-ethyl adjacent to an activating group) is 1. The second kappa shape index (κ2) is 8.79. The molecule has 0 unspecified atom stereocenters. The molecule has 2 aromatic carbocycles. The normalized spacial score (nSPS) is 15.6. The van der Waals surface area contributed by atoms with Crippen LogP contribution in [0.1, 0.15) is 15.9 Å². The fourth-order valence-electron chi connectivity index (χ4n) is 3.48. The topological polar surface area (TPSA) is 45.7 Å². The number of carbonyl (C=O) groups excluding carboxylic acids is 1. The van der Waals surface area contributed by atoms with Crippen LogP contribution in [0.15, 0.2) is 53.1 Å². The number of benzene rings is 2. The van der Waals surface area contributed by atoms with Gasteiger partial charge >= 0.3 is 5.97 Å². The van der Waals surface area contributed by atoms with E-state index in [0.29, 0.717) is 32.9 Å². The van der Waals surface area contributed by atoms with Gasteiger partial charge in [-0.3, -0.25) is 9.88 Å². The molecule has 0 bridgehead atoms. The van der Waals surface area contributed by atoms with Crippen LogP contribution in [-0.2, 0) is 6.54 Å². The maximum absolute atomic E-state index is 12.9. The maximum Gasteiger partial charge on any atom is 0.344 e. The standard InChI is InChI=1S/C22H21BrClN3O2/c1-26-9-11-27(12-10-26)14-15-13-19(24)17-6-4-8-25-20(17)21(15)29-22(28)16-5-2-3-7-18(16)23/h2-8,13H,9-12,14H2,1H3. The quantitative estimate of drug-likeness (QED) is 0.408. The summed E-state index contributed by atoms with van der Waals surface area (Å²) in [5, 5.41) is 1.38. The summed E-state index contributed by atoms with van der Waals surface area (Å²) in [4.78, 5) is 22.0. The predicted octanol–water partition coefficient (Wildman–Crippen LogP) is 4.62. The van der Waals surface area contributed by atoms with E-state index in [1.165, 1.54) is 0 Å². The lowest BCUT2D eigenvalue weighted by Gasteiger charge is -2.32. The first-order valence-corrected chi connectivity index (χ1v) is 10.6. The zero-order valence-electron chi connectivity index (χ0n) is 16.1. The van der Waals surface area contributed by atoms with Gasteiger partial charge in [0.1, 0.15) is 5.52 Å². The van der Waals surface area contributed by atoms with Gasteiger partial charge in [-0.25, -0.2) is 4.79 Å². The number of fused-ring (bicyclic) bond motifs is 1. The van der Waals surface area contributed by atoms with Crippen molar-refractivity contribution in [2.75, 3.05) is 33.2 Å². The van der Waals surface area contributed by atoms with E-state index in [4.69, 9.17) is 16.3 Å². The molecule has 2 heterocycles. The Labute approximate surface area is 183 Å². The van der Waals surface area contributed by atoms with E-state index in [1.807, 2.05) is 36.4 Å². The summed E-state index contributed by atoms with van der Waals surface area (Å²) in [5.41, 5.74) is 1.94. The average Bonchev–Trinajstić information content (AvgIpc) is 2.73. The Morgan fingerprint density at radius 2 is 1.93 bits per heavy atom. The van der Waals surface area contributed by atoms with Crippen molar-refractivity contribution in [3.05, 3.63) is 69.3 Å². The van der Waals surface area contributed by atoms with E-state index in [9.17, 15) is 4.79 Å². The molecule has 4 rings (SSSR count). The summed E-state index contributed by atoms with van der Waals surface area (Å²) in [6, 6.07) is 12.8. The summed E-state index contributed by atoms with van der Waals surface area (Å²) >= 11 is 9.96. The van der Waals surface area contributed by atoms with E-state index in [-0.39, 0.29) is 0 Å². The van der Waals surface area contributed by atoms with Crippen LogP contribution in [0.25, 0.3) is 10.9 Å². The molecule has 0 saturated carbocycles. The highest BCUT2D eigenvalue weighted by Crippen LogP contribution is 2.35. The van der Waals surface area contributed by atoms with Crippen molar-refractivity contribution in [1.82, 2.24) is 14.8 Å². The molecular formula is C22H21BrClN3O2. The fourth-order valence-corrected chi connectivity index (χ4v) is 4.21. The minimum Gasteiger partial charge on any atom is -0.420 e. The van der Waals surface area contributed by atoms with Crippen molar-refractivity contribution in [1.29, 1.82) is 0 Å². The number of hydrogen-bond donors (Lipinski definition) is 0. The summed E-state index contributed by atoms with van der Waals surface area (Å²) in [6.07, 6.45) is 1.69. The van der Waals surface area contributed by atoms with E-state index in [2.05, 4.69) is 37.8 Å². The van der Waals surface area contributed by atoms with Crippen LogP contribution in [-0.4, -0.2) is 54.0 Å². The Balaban J connectivity index is 1.73. The van der Waals surface area contributed by atoms with Crippen molar-refractivity contribution in [2.24, 2.45) is 0 Å². The van der Waals surface area contributed by atoms with Crippen LogP contribution in [0.5, 0.6) is 5.75 Å². The number of hydrogen-bond acceptors (Lipinski definition) is 5. The third-order valence-corrected chi connectivity index (χ3v) is 6.16. The van der Waals surface area contributed by atoms with Gasteiger partial charge in [-0.05, 0) is 53.3 Å². The highest BCUT2D eigenvalue weighted by Gasteiger charge is 2.22. The van der Waals surface area contributed by atoms with Gasteiger partial charge in [0, 0.05) is 54.3 Å². The summed E-state index contributed by atoms with van der Waals surface area (Å²) in [5.74, 6) is 0.0519. The Morgan fingerprint density at radius 1 is 1.17 bits per heavy atom. The highest BCUT2D eigenvalue weighted by molar-refractivity contribution is 9.10. The molecule has 1 aliphatic rings. The third kappa shape index (κ3) is 4.46. The molecule has 0 radical (unpaired) electrons. The monoisotopic (exact) mass is 473 g/mol. The smallest absolute Gasteiger partial charge is 0.344 e. The van der Waals surface area contributed by atoms with E-state index < -0.39 is 5.97 Å².